The molecular weight excluding hydrogens is 719 g/mol. The second-order valence-electron chi connectivity index (χ2n) is 15.1. The third-order valence-corrected chi connectivity index (χ3v) is 9.29. The fourth-order valence-corrected chi connectivity index (χ4v) is 6.37. The van der Waals surface area contributed by atoms with Crippen molar-refractivity contribution in [2.24, 2.45) is 0 Å². The van der Waals surface area contributed by atoms with E-state index in [0.29, 0.717) is 23.7 Å². The van der Waals surface area contributed by atoms with E-state index in [2.05, 4.69) is 10.2 Å². The molecule has 4 aromatic carbocycles. The van der Waals surface area contributed by atoms with Gasteiger partial charge in [-0.3, -0.25) is 9.59 Å². The lowest BCUT2D eigenvalue weighted by atomic mass is 10.1. The molecule has 5 aromatic rings. The number of benzene rings is 4. The Bertz CT molecular complexity index is 1940. The summed E-state index contributed by atoms with van der Waals surface area (Å²) >= 11 is 0. The minimum absolute atomic E-state index is 0.0650. The Hall–Kier alpha value is -5.64. The maximum Gasteiger partial charge on any atom is 0.326 e. The molecule has 0 aliphatic carbocycles. The van der Waals surface area contributed by atoms with Gasteiger partial charge in [0.15, 0.2) is 0 Å². The van der Waals surface area contributed by atoms with Gasteiger partial charge in [0.05, 0.1) is 38.0 Å². The molecule has 57 heavy (non-hydrogen) atoms. The number of nitrogens with zero attached hydrogens (tertiary/aromatic N) is 3. The average Bonchev–Trinajstić information content (AvgIpc) is 3.71. The van der Waals surface area contributed by atoms with Gasteiger partial charge in [0.1, 0.15) is 29.4 Å². The number of carbonyl (C=O) groups excluding carboxylic acids is 2. The van der Waals surface area contributed by atoms with Crippen LogP contribution in [0.15, 0.2) is 108 Å². The summed E-state index contributed by atoms with van der Waals surface area (Å²) in [5.41, 5.74) is 1.87. The zero-order chi connectivity index (χ0) is 40.3. The molecule has 0 radical (unpaired) electrons. The van der Waals surface area contributed by atoms with Gasteiger partial charge < -0.3 is 28.3 Å². The van der Waals surface area contributed by atoms with Gasteiger partial charge in [-0.05, 0) is 99.8 Å². The van der Waals surface area contributed by atoms with Gasteiger partial charge in [-0.1, -0.05) is 93.8 Å². The van der Waals surface area contributed by atoms with Gasteiger partial charge >= 0.3 is 5.97 Å². The largest absolute Gasteiger partial charge is 0.497 e. The third kappa shape index (κ3) is 14.4. The lowest BCUT2D eigenvalue weighted by Gasteiger charge is -2.26. The SMILES string of the molecule is COc1ccc(OCCCCCCCCCCCCOc2ccc(CC(=O)N(CC(=O)OC(C)(C)C)c3ccccc3-c3nnc(-c4ccccc4)o3)cc2)cc1. The number of ether oxygens (including phenoxy) is 4. The number of para-hydroxylation sites is 1. The second-order valence-corrected chi connectivity index (χ2v) is 15.1. The number of esters is 1. The number of carbonyl (C=O) groups is 2. The van der Waals surface area contributed by atoms with E-state index in [9.17, 15) is 9.59 Å². The molecule has 1 heterocycles. The quantitative estimate of drug-likeness (QED) is 0.0472. The first kappa shape index (κ1) is 42.5. The normalized spacial score (nSPS) is 11.2. The van der Waals surface area contributed by atoms with E-state index in [-0.39, 0.29) is 24.8 Å². The van der Waals surface area contributed by atoms with Crippen LogP contribution in [0.3, 0.4) is 0 Å². The van der Waals surface area contributed by atoms with E-state index >= 15 is 0 Å². The smallest absolute Gasteiger partial charge is 0.326 e. The second kappa shape index (κ2) is 22.2. The van der Waals surface area contributed by atoms with Gasteiger partial charge in [0.25, 0.3) is 0 Å². The van der Waals surface area contributed by atoms with Gasteiger partial charge in [-0.15, -0.1) is 10.2 Å². The lowest BCUT2D eigenvalue weighted by Crippen LogP contribution is -2.40. The highest BCUT2D eigenvalue weighted by molar-refractivity contribution is 6.01. The zero-order valence-electron chi connectivity index (χ0n) is 33.9. The minimum Gasteiger partial charge on any atom is -0.497 e. The van der Waals surface area contributed by atoms with Crippen LogP contribution in [0.25, 0.3) is 22.9 Å². The number of hydrogen-bond donors (Lipinski definition) is 0. The Morgan fingerprint density at radius 3 is 1.70 bits per heavy atom. The third-order valence-electron chi connectivity index (χ3n) is 9.29. The number of anilines is 1. The molecule has 10 nitrogen and oxygen atoms in total. The summed E-state index contributed by atoms with van der Waals surface area (Å²) in [5.74, 6) is 2.29. The number of unbranched alkanes of at least 4 members (excludes halogenated alkanes) is 9. The van der Waals surface area contributed by atoms with E-state index < -0.39 is 11.6 Å². The highest BCUT2D eigenvalue weighted by atomic mass is 16.6. The van der Waals surface area contributed by atoms with Crippen molar-refractivity contribution in [1.29, 1.82) is 0 Å². The molecule has 1 amide bonds. The molecule has 0 unspecified atom stereocenters. The first-order valence-corrected chi connectivity index (χ1v) is 20.2. The van der Waals surface area contributed by atoms with Crippen LogP contribution in [0.5, 0.6) is 17.2 Å². The van der Waals surface area contributed by atoms with E-state index in [1.165, 1.54) is 49.8 Å². The predicted molar refractivity (Wildman–Crippen MR) is 224 cm³/mol. The number of amides is 1. The fraction of sp³-hybridized carbons (Fsp3) is 0.404. The van der Waals surface area contributed by atoms with Crippen molar-refractivity contribution in [3.05, 3.63) is 109 Å². The fourth-order valence-electron chi connectivity index (χ4n) is 6.37. The molecule has 0 aliphatic rings. The van der Waals surface area contributed by atoms with Crippen LogP contribution < -0.4 is 19.1 Å². The van der Waals surface area contributed by atoms with E-state index in [1.54, 1.807) is 46.1 Å². The van der Waals surface area contributed by atoms with Crippen molar-refractivity contribution in [3.8, 4) is 40.2 Å². The number of methoxy groups -OCH3 is 1. The molecule has 0 spiro atoms. The van der Waals surface area contributed by atoms with Crippen LogP contribution in [0, 0.1) is 0 Å². The Morgan fingerprint density at radius 1 is 0.614 bits per heavy atom. The highest BCUT2D eigenvalue weighted by Crippen LogP contribution is 2.33. The molecule has 5 rings (SSSR count). The van der Waals surface area contributed by atoms with Crippen molar-refractivity contribution in [2.75, 3.05) is 31.8 Å². The van der Waals surface area contributed by atoms with Crippen molar-refractivity contribution in [2.45, 2.75) is 97.0 Å². The summed E-state index contributed by atoms with van der Waals surface area (Å²) in [4.78, 5) is 28.5. The first-order valence-electron chi connectivity index (χ1n) is 20.2. The summed E-state index contributed by atoms with van der Waals surface area (Å²) in [6, 6.07) is 32.0. The standard InChI is InChI=1S/C47H57N3O7/c1-47(2,3)57-44(52)35-50(42-23-17-16-22-41(42)46-49-48-45(56-46)37-20-14-13-15-21-37)43(51)34-36-24-26-39(27-25-36)54-32-18-11-9-7-5-6-8-10-12-19-33-55-40-30-28-38(53-4)29-31-40/h13-17,20-31H,5-12,18-19,32-35H2,1-4H3. The molecule has 0 aliphatic heterocycles. The highest BCUT2D eigenvalue weighted by Gasteiger charge is 2.27. The summed E-state index contributed by atoms with van der Waals surface area (Å²) in [6.07, 6.45) is 12.0. The van der Waals surface area contributed by atoms with Crippen molar-refractivity contribution >= 4 is 17.6 Å². The topological polar surface area (TPSA) is 113 Å². The molecule has 0 saturated heterocycles. The van der Waals surface area contributed by atoms with Crippen LogP contribution in [0.4, 0.5) is 5.69 Å². The van der Waals surface area contributed by atoms with Crippen molar-refractivity contribution in [3.63, 3.8) is 0 Å². The maximum absolute atomic E-state index is 14.0. The molecule has 0 bridgehead atoms. The Balaban J connectivity index is 1.03. The van der Waals surface area contributed by atoms with Crippen LogP contribution in [0.2, 0.25) is 0 Å². The van der Waals surface area contributed by atoms with Crippen LogP contribution >= 0.6 is 0 Å². The molecule has 1 aromatic heterocycles. The van der Waals surface area contributed by atoms with E-state index in [0.717, 1.165) is 54.2 Å². The molecule has 0 fully saturated rings. The van der Waals surface area contributed by atoms with Gasteiger partial charge in [-0.2, -0.15) is 0 Å². The van der Waals surface area contributed by atoms with Crippen LogP contribution in [-0.4, -0.2) is 54.5 Å². The average molecular weight is 776 g/mol. The van der Waals surface area contributed by atoms with E-state index in [4.69, 9.17) is 23.4 Å². The first-order chi connectivity index (χ1) is 27.7. The van der Waals surface area contributed by atoms with Gasteiger partial charge in [0, 0.05) is 5.56 Å². The molecule has 10 heteroatoms. The van der Waals surface area contributed by atoms with Crippen LogP contribution in [-0.2, 0) is 20.7 Å². The monoisotopic (exact) mass is 775 g/mol. The summed E-state index contributed by atoms with van der Waals surface area (Å²) in [5, 5.41) is 8.52. The van der Waals surface area contributed by atoms with Crippen molar-refractivity contribution in [1.82, 2.24) is 10.2 Å². The Morgan fingerprint density at radius 2 is 1.12 bits per heavy atom. The molecular formula is C47H57N3O7. The Kier molecular flexibility index (Phi) is 16.5. The predicted octanol–water partition coefficient (Wildman–Crippen LogP) is 10.7. The summed E-state index contributed by atoms with van der Waals surface area (Å²) in [6.45, 7) is 6.52. The van der Waals surface area contributed by atoms with Gasteiger partial charge in [0.2, 0.25) is 17.7 Å². The molecule has 302 valence electrons. The summed E-state index contributed by atoms with van der Waals surface area (Å²) < 4.78 is 28.7. The molecule has 0 atom stereocenters. The number of aromatic nitrogens is 2. The maximum atomic E-state index is 14.0. The molecule has 0 N–H and O–H groups in total. The van der Waals surface area contributed by atoms with Crippen molar-refractivity contribution < 1.29 is 33.0 Å². The summed E-state index contributed by atoms with van der Waals surface area (Å²) in [7, 11) is 1.67. The lowest BCUT2D eigenvalue weighted by molar-refractivity contribution is -0.153. The minimum atomic E-state index is -0.713. The number of rotatable bonds is 23. The van der Waals surface area contributed by atoms with Gasteiger partial charge in [-0.25, -0.2) is 0 Å². The number of hydrogen-bond acceptors (Lipinski definition) is 9. The van der Waals surface area contributed by atoms with E-state index in [1.807, 2.05) is 84.9 Å². The Labute approximate surface area is 337 Å². The molecule has 0 saturated carbocycles. The van der Waals surface area contributed by atoms with Crippen LogP contribution in [0.1, 0.15) is 90.5 Å². The zero-order valence-corrected chi connectivity index (χ0v) is 33.9.